The van der Waals surface area contributed by atoms with Gasteiger partial charge in [0.05, 0.1) is 5.75 Å². The number of ether oxygens (including phenoxy) is 1. The normalized spacial score (nSPS) is 11.5. The fourth-order valence-corrected chi connectivity index (χ4v) is 3.69. The molecule has 0 aliphatic rings. The molecule has 2 aromatic rings. The average Bonchev–Trinajstić information content (AvgIpc) is 2.57. The van der Waals surface area contributed by atoms with Crippen molar-refractivity contribution < 1.29 is 13.2 Å². The van der Waals surface area contributed by atoms with Gasteiger partial charge in [0.25, 0.3) is 0 Å². The predicted octanol–water partition coefficient (Wildman–Crippen LogP) is 3.54. The summed E-state index contributed by atoms with van der Waals surface area (Å²) in [6.07, 6.45) is 1.37. The smallest absolute Gasteiger partial charge is 0.211 e. The highest BCUT2D eigenvalue weighted by Gasteiger charge is 2.10. The molecule has 0 unspecified atom stereocenters. The van der Waals surface area contributed by atoms with Gasteiger partial charge in [-0.15, -0.1) is 0 Å². The summed E-state index contributed by atoms with van der Waals surface area (Å²) in [4.78, 5) is 0. The molecular formula is C20H27NO3S. The zero-order valence-corrected chi connectivity index (χ0v) is 16.0. The number of sulfonamides is 1. The quantitative estimate of drug-likeness (QED) is 0.695. The summed E-state index contributed by atoms with van der Waals surface area (Å²) in [5, 5.41) is 0. The number of hydrogen-bond donors (Lipinski definition) is 1. The maximum Gasteiger partial charge on any atom is 0.211 e. The topological polar surface area (TPSA) is 55.4 Å². The van der Waals surface area contributed by atoms with E-state index < -0.39 is 10.0 Å². The molecule has 0 aliphatic heterocycles. The van der Waals surface area contributed by atoms with Crippen molar-refractivity contribution in [3.05, 3.63) is 64.7 Å². The van der Waals surface area contributed by atoms with E-state index in [2.05, 4.69) is 17.7 Å². The molecule has 1 N–H and O–H groups in total. The Balaban J connectivity index is 1.72. The van der Waals surface area contributed by atoms with Crippen molar-refractivity contribution in [1.82, 2.24) is 4.72 Å². The van der Waals surface area contributed by atoms with Crippen LogP contribution in [0.5, 0.6) is 5.75 Å². The molecule has 0 aliphatic carbocycles. The number of rotatable bonds is 9. The second-order valence-corrected chi connectivity index (χ2v) is 8.28. The van der Waals surface area contributed by atoms with Crippen molar-refractivity contribution >= 4 is 10.0 Å². The number of nitrogens with one attached hydrogen (secondary N) is 1. The Morgan fingerprint density at radius 2 is 1.64 bits per heavy atom. The van der Waals surface area contributed by atoms with Gasteiger partial charge in [0, 0.05) is 6.54 Å². The van der Waals surface area contributed by atoms with E-state index in [1.165, 1.54) is 11.1 Å². The number of benzene rings is 2. The molecule has 2 rings (SSSR count). The Morgan fingerprint density at radius 1 is 0.960 bits per heavy atom. The fraction of sp³-hybridized carbons (Fsp3) is 0.400. The second kappa shape index (κ2) is 9.02. The average molecular weight is 362 g/mol. The van der Waals surface area contributed by atoms with Crippen LogP contribution in [-0.2, 0) is 16.4 Å². The summed E-state index contributed by atoms with van der Waals surface area (Å²) in [5.41, 5.74) is 4.62. The van der Waals surface area contributed by atoms with Gasteiger partial charge in [-0.1, -0.05) is 36.4 Å². The third-order valence-electron chi connectivity index (χ3n) is 4.19. The van der Waals surface area contributed by atoms with Gasteiger partial charge >= 0.3 is 0 Å². The Bertz CT molecular complexity index is 786. The second-order valence-electron chi connectivity index (χ2n) is 6.35. The first-order valence-corrected chi connectivity index (χ1v) is 10.2. The van der Waals surface area contributed by atoms with Gasteiger partial charge in [-0.25, -0.2) is 13.1 Å². The van der Waals surface area contributed by atoms with Crippen molar-refractivity contribution in [2.24, 2.45) is 0 Å². The molecule has 0 saturated heterocycles. The van der Waals surface area contributed by atoms with Crippen LogP contribution in [0, 0.1) is 20.8 Å². The first-order valence-electron chi connectivity index (χ1n) is 8.59. The van der Waals surface area contributed by atoms with Crippen molar-refractivity contribution in [1.29, 1.82) is 0 Å². The van der Waals surface area contributed by atoms with Gasteiger partial charge in [0.15, 0.2) is 0 Å². The molecule has 5 heteroatoms. The van der Waals surface area contributed by atoms with Crippen molar-refractivity contribution in [2.45, 2.75) is 33.6 Å². The summed E-state index contributed by atoms with van der Waals surface area (Å²) < 4.78 is 32.4. The van der Waals surface area contributed by atoms with Crippen LogP contribution in [0.2, 0.25) is 0 Å². The van der Waals surface area contributed by atoms with Crippen LogP contribution in [-0.4, -0.2) is 27.3 Å². The van der Waals surface area contributed by atoms with Crippen LogP contribution < -0.4 is 9.46 Å². The standard InChI is InChI=1S/C20H27NO3S/c1-16-14-18(3)20(15-17(16)2)24-12-11-21-25(22,23)13-7-10-19-8-5-4-6-9-19/h4-6,8-9,14-15,21H,7,10-13H2,1-3H3. The summed E-state index contributed by atoms with van der Waals surface area (Å²) in [7, 11) is -3.26. The molecule has 0 fully saturated rings. The largest absolute Gasteiger partial charge is 0.492 e. The molecule has 0 atom stereocenters. The Hall–Kier alpha value is -1.85. The van der Waals surface area contributed by atoms with Gasteiger partial charge < -0.3 is 4.74 Å². The van der Waals surface area contributed by atoms with E-state index in [0.29, 0.717) is 13.0 Å². The molecule has 25 heavy (non-hydrogen) atoms. The number of aryl methyl sites for hydroxylation is 4. The first-order chi connectivity index (χ1) is 11.9. The highest BCUT2D eigenvalue weighted by atomic mass is 32.2. The molecule has 0 heterocycles. The van der Waals surface area contributed by atoms with Crippen LogP contribution in [0.1, 0.15) is 28.7 Å². The molecular weight excluding hydrogens is 334 g/mol. The lowest BCUT2D eigenvalue weighted by Crippen LogP contribution is -2.30. The predicted molar refractivity (Wildman–Crippen MR) is 103 cm³/mol. The number of hydrogen-bond acceptors (Lipinski definition) is 3. The van der Waals surface area contributed by atoms with Crippen molar-refractivity contribution in [3.63, 3.8) is 0 Å². The van der Waals surface area contributed by atoms with Crippen molar-refractivity contribution in [3.8, 4) is 5.75 Å². The highest BCUT2D eigenvalue weighted by Crippen LogP contribution is 2.22. The third-order valence-corrected chi connectivity index (χ3v) is 5.66. The molecule has 4 nitrogen and oxygen atoms in total. The van der Waals surface area contributed by atoms with E-state index in [-0.39, 0.29) is 12.3 Å². The van der Waals surface area contributed by atoms with E-state index in [0.717, 1.165) is 23.3 Å². The van der Waals surface area contributed by atoms with E-state index in [9.17, 15) is 8.42 Å². The first kappa shape index (κ1) is 19.5. The van der Waals surface area contributed by atoms with Crippen LogP contribution in [0.3, 0.4) is 0 Å². The zero-order chi connectivity index (χ0) is 18.3. The minimum Gasteiger partial charge on any atom is -0.492 e. The molecule has 0 aromatic heterocycles. The maximum absolute atomic E-state index is 12.0. The Labute approximate surface area is 151 Å². The van der Waals surface area contributed by atoms with Gasteiger partial charge in [-0.2, -0.15) is 0 Å². The molecule has 0 radical (unpaired) electrons. The van der Waals surface area contributed by atoms with Crippen LogP contribution in [0.4, 0.5) is 0 Å². The van der Waals surface area contributed by atoms with Crippen LogP contribution in [0.15, 0.2) is 42.5 Å². The van der Waals surface area contributed by atoms with Crippen LogP contribution >= 0.6 is 0 Å². The van der Waals surface area contributed by atoms with E-state index in [1.807, 2.05) is 50.2 Å². The summed E-state index contributed by atoms with van der Waals surface area (Å²) in [5.74, 6) is 0.941. The summed E-state index contributed by atoms with van der Waals surface area (Å²) in [6, 6.07) is 14.0. The Morgan fingerprint density at radius 3 is 2.36 bits per heavy atom. The summed E-state index contributed by atoms with van der Waals surface area (Å²) >= 11 is 0. The third kappa shape index (κ3) is 6.52. The fourth-order valence-electron chi connectivity index (χ4n) is 2.63. The highest BCUT2D eigenvalue weighted by molar-refractivity contribution is 7.89. The Kier molecular flexibility index (Phi) is 7.02. The lowest BCUT2D eigenvalue weighted by molar-refractivity contribution is 0.320. The van der Waals surface area contributed by atoms with Crippen LogP contribution in [0.25, 0.3) is 0 Å². The van der Waals surface area contributed by atoms with Gasteiger partial charge in [0.1, 0.15) is 12.4 Å². The SMILES string of the molecule is Cc1cc(C)c(OCCNS(=O)(=O)CCCc2ccccc2)cc1C. The van der Waals surface area contributed by atoms with Gasteiger partial charge in [-0.3, -0.25) is 0 Å². The minimum absolute atomic E-state index is 0.130. The minimum atomic E-state index is -3.26. The molecule has 0 spiro atoms. The van der Waals surface area contributed by atoms with Crippen molar-refractivity contribution in [2.75, 3.05) is 18.9 Å². The lowest BCUT2D eigenvalue weighted by atomic mass is 10.1. The molecule has 136 valence electrons. The maximum atomic E-state index is 12.0. The van der Waals surface area contributed by atoms with E-state index >= 15 is 0 Å². The molecule has 0 amide bonds. The molecule has 2 aromatic carbocycles. The van der Waals surface area contributed by atoms with E-state index in [1.54, 1.807) is 0 Å². The molecule has 0 bridgehead atoms. The van der Waals surface area contributed by atoms with Gasteiger partial charge in [0.2, 0.25) is 10.0 Å². The summed E-state index contributed by atoms with van der Waals surface area (Å²) in [6.45, 7) is 6.70. The molecule has 0 saturated carbocycles. The zero-order valence-electron chi connectivity index (χ0n) is 15.2. The van der Waals surface area contributed by atoms with E-state index in [4.69, 9.17) is 4.74 Å². The lowest BCUT2D eigenvalue weighted by Gasteiger charge is -2.12. The monoisotopic (exact) mass is 361 g/mol. The van der Waals surface area contributed by atoms with Gasteiger partial charge in [-0.05, 0) is 61.9 Å².